The number of hydrogen-bond donors (Lipinski definition) is 3. The second kappa shape index (κ2) is 4.21. The average molecular weight is 208 g/mol. The summed E-state index contributed by atoms with van der Waals surface area (Å²) in [7, 11) is 0. The Morgan fingerprint density at radius 1 is 1.33 bits per heavy atom. The number of aliphatic hydroxyl groups is 1. The fraction of sp³-hybridized carbons (Fsp3) is 0.500. The monoisotopic (exact) mass is 208 g/mol. The van der Waals surface area contributed by atoms with Crippen LogP contribution in [0.4, 0.5) is 5.69 Å². The van der Waals surface area contributed by atoms with Gasteiger partial charge in [0.1, 0.15) is 0 Å². The molecule has 0 saturated heterocycles. The van der Waals surface area contributed by atoms with E-state index in [2.05, 4.69) is 20.8 Å². The normalized spacial score (nSPS) is 13.9. The molecule has 3 nitrogen and oxygen atoms in total. The SMILES string of the molecule is CC(C)(C)c1ccc(N)c([C@H](N)CO)c1. The van der Waals surface area contributed by atoms with Gasteiger partial charge in [-0.2, -0.15) is 0 Å². The topological polar surface area (TPSA) is 72.3 Å². The van der Waals surface area contributed by atoms with Gasteiger partial charge in [-0.15, -0.1) is 0 Å². The first-order valence-electron chi connectivity index (χ1n) is 5.12. The fourth-order valence-corrected chi connectivity index (χ4v) is 1.46. The third-order valence-electron chi connectivity index (χ3n) is 2.55. The molecule has 5 N–H and O–H groups in total. The first-order chi connectivity index (χ1) is 6.86. The summed E-state index contributed by atoms with van der Waals surface area (Å²) >= 11 is 0. The minimum atomic E-state index is -0.396. The summed E-state index contributed by atoms with van der Waals surface area (Å²) in [6.07, 6.45) is 0. The number of rotatable bonds is 2. The predicted molar refractivity (Wildman–Crippen MR) is 63.6 cm³/mol. The zero-order valence-electron chi connectivity index (χ0n) is 9.62. The Hall–Kier alpha value is -1.06. The molecule has 0 radical (unpaired) electrons. The van der Waals surface area contributed by atoms with E-state index in [0.717, 1.165) is 5.56 Å². The van der Waals surface area contributed by atoms with Crippen LogP contribution in [0, 0.1) is 0 Å². The van der Waals surface area contributed by atoms with Gasteiger partial charge in [0.05, 0.1) is 12.6 Å². The highest BCUT2D eigenvalue weighted by molar-refractivity contribution is 5.51. The molecule has 15 heavy (non-hydrogen) atoms. The third-order valence-corrected chi connectivity index (χ3v) is 2.55. The fourth-order valence-electron chi connectivity index (χ4n) is 1.46. The summed E-state index contributed by atoms with van der Waals surface area (Å²) in [5.41, 5.74) is 14.3. The Morgan fingerprint density at radius 2 is 1.93 bits per heavy atom. The van der Waals surface area contributed by atoms with Gasteiger partial charge in [0, 0.05) is 5.69 Å². The van der Waals surface area contributed by atoms with Crippen LogP contribution in [0.2, 0.25) is 0 Å². The molecule has 1 rings (SSSR count). The van der Waals surface area contributed by atoms with Crippen LogP contribution in [-0.4, -0.2) is 11.7 Å². The lowest BCUT2D eigenvalue weighted by Gasteiger charge is -2.22. The van der Waals surface area contributed by atoms with Crippen LogP contribution in [0.15, 0.2) is 18.2 Å². The highest BCUT2D eigenvalue weighted by atomic mass is 16.3. The largest absolute Gasteiger partial charge is 0.398 e. The van der Waals surface area contributed by atoms with Crippen molar-refractivity contribution in [3.63, 3.8) is 0 Å². The molecule has 0 saturated carbocycles. The average Bonchev–Trinajstić information content (AvgIpc) is 2.15. The van der Waals surface area contributed by atoms with Crippen LogP contribution < -0.4 is 11.5 Å². The first kappa shape index (κ1) is 12.0. The number of aliphatic hydroxyl groups excluding tert-OH is 1. The van der Waals surface area contributed by atoms with Crippen LogP contribution in [-0.2, 0) is 5.41 Å². The second-order valence-corrected chi connectivity index (χ2v) is 4.88. The van der Waals surface area contributed by atoms with E-state index >= 15 is 0 Å². The molecule has 1 atom stereocenters. The molecule has 0 bridgehead atoms. The van der Waals surface area contributed by atoms with E-state index in [-0.39, 0.29) is 12.0 Å². The predicted octanol–water partition coefficient (Wildman–Crippen LogP) is 1.56. The molecule has 0 spiro atoms. The minimum Gasteiger partial charge on any atom is -0.398 e. The van der Waals surface area contributed by atoms with Crippen LogP contribution >= 0.6 is 0 Å². The van der Waals surface area contributed by atoms with E-state index in [4.69, 9.17) is 16.6 Å². The molecule has 1 aromatic rings. The molecule has 84 valence electrons. The molecule has 0 unspecified atom stereocenters. The van der Waals surface area contributed by atoms with Gasteiger partial charge in [-0.25, -0.2) is 0 Å². The van der Waals surface area contributed by atoms with Gasteiger partial charge in [0.25, 0.3) is 0 Å². The molecule has 0 aliphatic rings. The lowest BCUT2D eigenvalue weighted by Crippen LogP contribution is -2.18. The van der Waals surface area contributed by atoms with Crippen molar-refractivity contribution in [2.75, 3.05) is 12.3 Å². The van der Waals surface area contributed by atoms with E-state index in [0.29, 0.717) is 5.69 Å². The van der Waals surface area contributed by atoms with Crippen molar-refractivity contribution in [2.45, 2.75) is 32.2 Å². The zero-order valence-corrected chi connectivity index (χ0v) is 9.62. The van der Waals surface area contributed by atoms with Crippen molar-refractivity contribution in [1.82, 2.24) is 0 Å². The van der Waals surface area contributed by atoms with E-state index in [1.165, 1.54) is 5.56 Å². The maximum Gasteiger partial charge on any atom is 0.0625 e. The maximum atomic E-state index is 9.03. The van der Waals surface area contributed by atoms with Gasteiger partial charge >= 0.3 is 0 Å². The Morgan fingerprint density at radius 3 is 2.40 bits per heavy atom. The van der Waals surface area contributed by atoms with Gasteiger partial charge in [0.2, 0.25) is 0 Å². The summed E-state index contributed by atoms with van der Waals surface area (Å²) in [5, 5.41) is 9.03. The summed E-state index contributed by atoms with van der Waals surface area (Å²) in [6.45, 7) is 6.31. The Balaban J connectivity index is 3.17. The first-order valence-corrected chi connectivity index (χ1v) is 5.12. The number of nitrogens with two attached hydrogens (primary N) is 2. The standard InChI is InChI=1S/C12H20N2O/c1-12(2,3)8-4-5-10(13)9(6-8)11(14)7-15/h4-6,11,15H,7,13-14H2,1-3H3/t11-/m1/s1. The quantitative estimate of drug-likeness (QED) is 0.646. The van der Waals surface area contributed by atoms with E-state index < -0.39 is 6.04 Å². The lowest BCUT2D eigenvalue weighted by atomic mass is 9.85. The van der Waals surface area contributed by atoms with Crippen LogP contribution in [0.1, 0.15) is 37.9 Å². The van der Waals surface area contributed by atoms with Gasteiger partial charge in [0.15, 0.2) is 0 Å². The van der Waals surface area contributed by atoms with Crippen LogP contribution in [0.25, 0.3) is 0 Å². The number of nitrogen functional groups attached to an aromatic ring is 1. The summed E-state index contributed by atoms with van der Waals surface area (Å²) in [5.74, 6) is 0. The molecular formula is C12H20N2O. The molecule has 0 heterocycles. The summed E-state index contributed by atoms with van der Waals surface area (Å²) < 4.78 is 0. The number of benzene rings is 1. The number of hydrogen-bond acceptors (Lipinski definition) is 3. The van der Waals surface area contributed by atoms with Gasteiger partial charge in [-0.1, -0.05) is 32.9 Å². The lowest BCUT2D eigenvalue weighted by molar-refractivity contribution is 0.268. The molecule has 1 aromatic carbocycles. The van der Waals surface area contributed by atoms with Crippen molar-refractivity contribution in [3.05, 3.63) is 29.3 Å². The molecule has 3 heteroatoms. The third kappa shape index (κ3) is 2.70. The van der Waals surface area contributed by atoms with Crippen molar-refractivity contribution in [3.8, 4) is 0 Å². The minimum absolute atomic E-state index is 0.0671. The van der Waals surface area contributed by atoms with Crippen molar-refractivity contribution in [1.29, 1.82) is 0 Å². The van der Waals surface area contributed by atoms with E-state index in [9.17, 15) is 0 Å². The zero-order chi connectivity index (χ0) is 11.6. The van der Waals surface area contributed by atoms with Crippen LogP contribution in [0.3, 0.4) is 0 Å². The van der Waals surface area contributed by atoms with E-state index in [1.807, 2.05) is 18.2 Å². The van der Waals surface area contributed by atoms with Gasteiger partial charge in [-0.3, -0.25) is 0 Å². The van der Waals surface area contributed by atoms with Crippen molar-refractivity contribution < 1.29 is 5.11 Å². The van der Waals surface area contributed by atoms with Crippen molar-refractivity contribution >= 4 is 5.69 Å². The number of anilines is 1. The molecule has 0 fully saturated rings. The molecule has 0 aromatic heterocycles. The smallest absolute Gasteiger partial charge is 0.0625 e. The Labute approximate surface area is 91.1 Å². The Bertz CT molecular complexity index is 342. The maximum absolute atomic E-state index is 9.03. The summed E-state index contributed by atoms with van der Waals surface area (Å²) in [6, 6.07) is 5.44. The van der Waals surface area contributed by atoms with Gasteiger partial charge < -0.3 is 16.6 Å². The molecule has 0 aliphatic carbocycles. The molecular weight excluding hydrogens is 188 g/mol. The highest BCUT2D eigenvalue weighted by Crippen LogP contribution is 2.27. The Kier molecular flexibility index (Phi) is 3.37. The van der Waals surface area contributed by atoms with Crippen molar-refractivity contribution in [2.24, 2.45) is 5.73 Å². The van der Waals surface area contributed by atoms with Crippen LogP contribution in [0.5, 0.6) is 0 Å². The van der Waals surface area contributed by atoms with Gasteiger partial charge in [-0.05, 0) is 22.6 Å². The highest BCUT2D eigenvalue weighted by Gasteiger charge is 2.16. The van der Waals surface area contributed by atoms with E-state index in [1.54, 1.807) is 0 Å². The second-order valence-electron chi connectivity index (χ2n) is 4.88. The summed E-state index contributed by atoms with van der Waals surface area (Å²) in [4.78, 5) is 0. The molecule has 0 amide bonds. The molecule has 0 aliphatic heterocycles.